The molecule has 3 N–H and O–H groups in total. The normalized spacial score (nSPS) is 13.2. The number of hydrogen-bond acceptors (Lipinski definition) is 3. The predicted molar refractivity (Wildman–Crippen MR) is 83.1 cm³/mol. The van der Waals surface area contributed by atoms with Gasteiger partial charge in [-0.3, -0.25) is 4.79 Å². The standard InChI is InChI=1S/C16H18N2OS/c1-10-5-6-12(8-14(10)17)16(19)18-9-13-7-11-3-2-4-15(11)20-13/h5-8H,2-4,9,17H2,1H3,(H,18,19). The number of fused-ring (bicyclic) bond motifs is 1. The van der Waals surface area contributed by atoms with Crippen LogP contribution in [0.25, 0.3) is 0 Å². The van der Waals surface area contributed by atoms with E-state index in [1.54, 1.807) is 6.07 Å². The number of nitrogens with two attached hydrogens (primary N) is 1. The van der Waals surface area contributed by atoms with Crippen LogP contribution in [0.15, 0.2) is 24.3 Å². The van der Waals surface area contributed by atoms with Gasteiger partial charge in [0.15, 0.2) is 0 Å². The third kappa shape index (κ3) is 2.56. The molecule has 0 fully saturated rings. The van der Waals surface area contributed by atoms with Crippen molar-refractivity contribution in [3.63, 3.8) is 0 Å². The Morgan fingerprint density at radius 3 is 2.95 bits per heavy atom. The summed E-state index contributed by atoms with van der Waals surface area (Å²) in [5, 5.41) is 2.97. The van der Waals surface area contributed by atoms with Crippen LogP contribution in [0, 0.1) is 6.92 Å². The quantitative estimate of drug-likeness (QED) is 0.852. The molecule has 4 heteroatoms. The van der Waals surface area contributed by atoms with Crippen molar-refractivity contribution in [3.8, 4) is 0 Å². The van der Waals surface area contributed by atoms with Crippen LogP contribution in [0.5, 0.6) is 0 Å². The van der Waals surface area contributed by atoms with Gasteiger partial charge in [0.2, 0.25) is 0 Å². The van der Waals surface area contributed by atoms with Gasteiger partial charge in [-0.1, -0.05) is 6.07 Å². The van der Waals surface area contributed by atoms with Crippen molar-refractivity contribution < 1.29 is 4.79 Å². The van der Waals surface area contributed by atoms with E-state index in [9.17, 15) is 4.79 Å². The van der Waals surface area contributed by atoms with Gasteiger partial charge in [0, 0.05) is 21.0 Å². The molecule has 20 heavy (non-hydrogen) atoms. The van der Waals surface area contributed by atoms with Crippen LogP contribution in [0.4, 0.5) is 5.69 Å². The topological polar surface area (TPSA) is 55.1 Å². The maximum atomic E-state index is 12.1. The van der Waals surface area contributed by atoms with Gasteiger partial charge in [0.25, 0.3) is 5.91 Å². The lowest BCUT2D eigenvalue weighted by molar-refractivity contribution is 0.0951. The molecule has 3 nitrogen and oxygen atoms in total. The number of carbonyl (C=O) groups excluding carboxylic acids is 1. The molecule has 1 aromatic carbocycles. The summed E-state index contributed by atoms with van der Waals surface area (Å²) in [6, 6.07) is 7.66. The van der Waals surface area contributed by atoms with E-state index in [1.165, 1.54) is 34.6 Å². The molecule has 1 aliphatic rings. The van der Waals surface area contributed by atoms with Crippen molar-refractivity contribution in [1.29, 1.82) is 0 Å². The molecule has 0 atom stereocenters. The van der Waals surface area contributed by atoms with Gasteiger partial charge in [-0.05, 0) is 55.5 Å². The Balaban J connectivity index is 1.65. The largest absolute Gasteiger partial charge is 0.398 e. The second kappa shape index (κ2) is 5.29. The number of benzene rings is 1. The minimum atomic E-state index is -0.0646. The lowest BCUT2D eigenvalue weighted by Crippen LogP contribution is -2.22. The Labute approximate surface area is 122 Å². The van der Waals surface area contributed by atoms with Crippen molar-refractivity contribution >= 4 is 22.9 Å². The monoisotopic (exact) mass is 286 g/mol. The van der Waals surface area contributed by atoms with Crippen molar-refractivity contribution in [2.45, 2.75) is 32.7 Å². The van der Waals surface area contributed by atoms with E-state index in [2.05, 4.69) is 11.4 Å². The smallest absolute Gasteiger partial charge is 0.251 e. The number of rotatable bonds is 3. The Kier molecular flexibility index (Phi) is 3.49. The summed E-state index contributed by atoms with van der Waals surface area (Å²) in [6.45, 7) is 2.54. The summed E-state index contributed by atoms with van der Waals surface area (Å²) >= 11 is 1.83. The highest BCUT2D eigenvalue weighted by molar-refractivity contribution is 7.12. The zero-order valence-electron chi connectivity index (χ0n) is 11.5. The number of nitrogens with one attached hydrogen (secondary N) is 1. The van der Waals surface area contributed by atoms with Gasteiger partial charge in [-0.15, -0.1) is 11.3 Å². The lowest BCUT2D eigenvalue weighted by Gasteiger charge is -2.06. The minimum Gasteiger partial charge on any atom is -0.398 e. The van der Waals surface area contributed by atoms with Gasteiger partial charge in [-0.25, -0.2) is 0 Å². The molecule has 0 saturated carbocycles. The summed E-state index contributed by atoms with van der Waals surface area (Å²) in [4.78, 5) is 14.8. The zero-order chi connectivity index (χ0) is 14.1. The second-order valence-corrected chi connectivity index (χ2v) is 6.49. The highest BCUT2D eigenvalue weighted by atomic mass is 32.1. The summed E-state index contributed by atoms with van der Waals surface area (Å²) in [5.41, 5.74) is 9.59. The molecular formula is C16H18N2OS. The molecular weight excluding hydrogens is 268 g/mol. The fraction of sp³-hybridized carbons (Fsp3) is 0.312. The summed E-state index contributed by atoms with van der Waals surface area (Å²) in [7, 11) is 0. The Hall–Kier alpha value is -1.81. The SMILES string of the molecule is Cc1ccc(C(=O)NCc2cc3c(s2)CCC3)cc1N. The number of carbonyl (C=O) groups is 1. The number of thiophene rings is 1. The van der Waals surface area contributed by atoms with Gasteiger partial charge in [-0.2, -0.15) is 0 Å². The van der Waals surface area contributed by atoms with Crippen molar-refractivity contribution in [2.24, 2.45) is 0 Å². The molecule has 0 saturated heterocycles. The van der Waals surface area contributed by atoms with Crippen LogP contribution >= 0.6 is 11.3 Å². The molecule has 0 unspecified atom stereocenters. The first-order valence-electron chi connectivity index (χ1n) is 6.88. The minimum absolute atomic E-state index is 0.0646. The molecule has 0 aliphatic heterocycles. The summed E-state index contributed by atoms with van der Waals surface area (Å²) in [5.74, 6) is -0.0646. The highest BCUT2D eigenvalue weighted by Crippen LogP contribution is 2.30. The van der Waals surface area contributed by atoms with E-state index in [-0.39, 0.29) is 5.91 Å². The molecule has 1 heterocycles. The second-order valence-electron chi connectivity index (χ2n) is 5.27. The fourth-order valence-electron chi connectivity index (χ4n) is 2.53. The first kappa shape index (κ1) is 13.2. The number of hydrogen-bond donors (Lipinski definition) is 2. The van der Waals surface area contributed by atoms with Crippen LogP contribution in [0.2, 0.25) is 0 Å². The van der Waals surface area contributed by atoms with Gasteiger partial charge in [0.05, 0.1) is 6.54 Å². The predicted octanol–water partition coefficient (Wildman–Crippen LogP) is 3.06. The van der Waals surface area contributed by atoms with E-state index in [0.717, 1.165) is 5.56 Å². The third-order valence-corrected chi connectivity index (χ3v) is 5.00. The van der Waals surface area contributed by atoms with E-state index in [4.69, 9.17) is 5.73 Å². The number of nitrogen functional groups attached to an aromatic ring is 1. The molecule has 2 aromatic rings. The maximum absolute atomic E-state index is 12.1. The Bertz CT molecular complexity index is 639. The van der Waals surface area contributed by atoms with Crippen molar-refractivity contribution in [2.75, 3.05) is 5.73 Å². The van der Waals surface area contributed by atoms with Crippen molar-refractivity contribution in [3.05, 3.63) is 50.7 Å². The van der Waals surface area contributed by atoms with Crippen LogP contribution in [-0.2, 0) is 19.4 Å². The Morgan fingerprint density at radius 2 is 2.20 bits per heavy atom. The summed E-state index contributed by atoms with van der Waals surface area (Å²) < 4.78 is 0. The maximum Gasteiger partial charge on any atom is 0.251 e. The van der Waals surface area contributed by atoms with E-state index < -0.39 is 0 Å². The fourth-order valence-corrected chi connectivity index (χ4v) is 3.73. The molecule has 0 radical (unpaired) electrons. The average molecular weight is 286 g/mol. The highest BCUT2D eigenvalue weighted by Gasteiger charge is 2.15. The van der Waals surface area contributed by atoms with Crippen LogP contribution < -0.4 is 11.1 Å². The molecule has 0 bridgehead atoms. The molecule has 0 spiro atoms. The summed E-state index contributed by atoms with van der Waals surface area (Å²) in [6.07, 6.45) is 3.66. The van der Waals surface area contributed by atoms with Gasteiger partial charge in [0.1, 0.15) is 0 Å². The lowest BCUT2D eigenvalue weighted by atomic mass is 10.1. The van der Waals surface area contributed by atoms with Gasteiger partial charge < -0.3 is 11.1 Å². The van der Waals surface area contributed by atoms with Crippen LogP contribution in [-0.4, -0.2) is 5.91 Å². The number of anilines is 1. The first-order valence-corrected chi connectivity index (χ1v) is 7.70. The third-order valence-electron chi connectivity index (χ3n) is 3.76. The molecule has 3 rings (SSSR count). The first-order chi connectivity index (χ1) is 9.63. The Morgan fingerprint density at radius 1 is 1.35 bits per heavy atom. The van der Waals surface area contributed by atoms with Crippen molar-refractivity contribution in [1.82, 2.24) is 5.32 Å². The number of aryl methyl sites for hydroxylation is 3. The molecule has 1 aliphatic carbocycles. The number of amides is 1. The molecule has 1 aromatic heterocycles. The van der Waals surface area contributed by atoms with E-state index >= 15 is 0 Å². The van der Waals surface area contributed by atoms with Crippen LogP contribution in [0.1, 0.15) is 37.7 Å². The molecule has 104 valence electrons. The molecule has 1 amide bonds. The van der Waals surface area contributed by atoms with Gasteiger partial charge >= 0.3 is 0 Å². The van der Waals surface area contributed by atoms with Crippen LogP contribution in [0.3, 0.4) is 0 Å². The average Bonchev–Trinajstić information content (AvgIpc) is 3.00. The van der Waals surface area contributed by atoms with E-state index in [1.807, 2.05) is 30.4 Å². The zero-order valence-corrected chi connectivity index (χ0v) is 12.3. The van der Waals surface area contributed by atoms with E-state index in [0.29, 0.717) is 17.8 Å².